The lowest BCUT2D eigenvalue weighted by Crippen LogP contribution is -2.34. The molecular weight excluding hydrogens is 244 g/mol. The molecule has 1 saturated carbocycles. The third-order valence-electron chi connectivity index (χ3n) is 5.03. The summed E-state index contributed by atoms with van der Waals surface area (Å²) < 4.78 is 0. The average Bonchev–Trinajstić information content (AvgIpc) is 2.59. The SMILES string of the molecule is CC1(C)CC2CC(C)(CN2Cc2ccccc2C#N)C1. The van der Waals surface area contributed by atoms with Crippen molar-refractivity contribution in [3.05, 3.63) is 35.4 Å². The molecular formula is C18H24N2. The summed E-state index contributed by atoms with van der Waals surface area (Å²) in [7, 11) is 0. The number of hydrogen-bond donors (Lipinski definition) is 0. The van der Waals surface area contributed by atoms with Crippen LogP contribution >= 0.6 is 0 Å². The highest BCUT2D eigenvalue weighted by atomic mass is 15.2. The van der Waals surface area contributed by atoms with Gasteiger partial charge in [-0.3, -0.25) is 4.90 Å². The summed E-state index contributed by atoms with van der Waals surface area (Å²) in [6, 6.07) is 11.1. The molecule has 1 aliphatic heterocycles. The van der Waals surface area contributed by atoms with Gasteiger partial charge in [-0.25, -0.2) is 0 Å². The van der Waals surface area contributed by atoms with Gasteiger partial charge in [0.2, 0.25) is 0 Å². The number of fused-ring (bicyclic) bond motifs is 2. The molecule has 2 nitrogen and oxygen atoms in total. The molecule has 20 heavy (non-hydrogen) atoms. The van der Waals surface area contributed by atoms with Gasteiger partial charge in [-0.1, -0.05) is 39.0 Å². The van der Waals surface area contributed by atoms with Crippen molar-refractivity contribution in [3.8, 4) is 6.07 Å². The maximum Gasteiger partial charge on any atom is 0.0995 e. The van der Waals surface area contributed by atoms with Gasteiger partial charge in [0.1, 0.15) is 0 Å². The van der Waals surface area contributed by atoms with Crippen molar-refractivity contribution in [1.29, 1.82) is 5.26 Å². The van der Waals surface area contributed by atoms with Crippen LogP contribution in [-0.2, 0) is 6.54 Å². The van der Waals surface area contributed by atoms with Gasteiger partial charge in [0.05, 0.1) is 11.6 Å². The summed E-state index contributed by atoms with van der Waals surface area (Å²) >= 11 is 0. The highest BCUT2D eigenvalue weighted by Gasteiger charge is 2.49. The highest BCUT2D eigenvalue weighted by Crippen LogP contribution is 2.52. The Kier molecular flexibility index (Phi) is 3.14. The van der Waals surface area contributed by atoms with Crippen LogP contribution in [0.5, 0.6) is 0 Å². The first-order valence-electron chi connectivity index (χ1n) is 7.63. The predicted molar refractivity (Wildman–Crippen MR) is 81.1 cm³/mol. The Morgan fingerprint density at radius 1 is 1.25 bits per heavy atom. The fraction of sp³-hybridized carbons (Fsp3) is 0.611. The monoisotopic (exact) mass is 268 g/mol. The second-order valence-corrected chi connectivity index (χ2v) is 7.89. The van der Waals surface area contributed by atoms with Crippen LogP contribution < -0.4 is 0 Å². The van der Waals surface area contributed by atoms with E-state index in [9.17, 15) is 5.26 Å². The van der Waals surface area contributed by atoms with Gasteiger partial charge in [-0.2, -0.15) is 5.26 Å². The smallest absolute Gasteiger partial charge is 0.0995 e. The standard InChI is InChI=1S/C18H24N2/c1-17(2)8-16-9-18(3,12-17)13-20(16)11-15-7-5-4-6-14(15)10-19/h4-7,16H,8-9,11-13H2,1-3H3. The number of likely N-dealkylation sites (tertiary alicyclic amines) is 1. The third-order valence-corrected chi connectivity index (χ3v) is 5.03. The summed E-state index contributed by atoms with van der Waals surface area (Å²) in [6.07, 6.45) is 3.94. The van der Waals surface area contributed by atoms with Gasteiger partial charge < -0.3 is 0 Å². The number of benzene rings is 1. The lowest BCUT2D eigenvalue weighted by atomic mass is 9.65. The first-order chi connectivity index (χ1) is 9.41. The second-order valence-electron chi connectivity index (χ2n) is 7.89. The topological polar surface area (TPSA) is 27.0 Å². The van der Waals surface area contributed by atoms with E-state index in [0.29, 0.717) is 16.9 Å². The third kappa shape index (κ3) is 2.47. The van der Waals surface area contributed by atoms with E-state index < -0.39 is 0 Å². The van der Waals surface area contributed by atoms with E-state index in [1.54, 1.807) is 0 Å². The predicted octanol–water partition coefficient (Wildman–Crippen LogP) is 3.96. The molecule has 0 amide bonds. The van der Waals surface area contributed by atoms with E-state index in [1.165, 1.54) is 31.4 Å². The van der Waals surface area contributed by atoms with Gasteiger partial charge in [0, 0.05) is 19.1 Å². The van der Waals surface area contributed by atoms with Gasteiger partial charge >= 0.3 is 0 Å². The van der Waals surface area contributed by atoms with Crippen LogP contribution in [0.3, 0.4) is 0 Å². The highest BCUT2D eigenvalue weighted by molar-refractivity contribution is 5.37. The molecule has 1 heterocycles. The van der Waals surface area contributed by atoms with Crippen LogP contribution in [0.4, 0.5) is 0 Å². The van der Waals surface area contributed by atoms with Crippen LogP contribution in [0.1, 0.15) is 51.2 Å². The Morgan fingerprint density at radius 2 is 2.00 bits per heavy atom. The Labute approximate surface area is 122 Å². The summed E-state index contributed by atoms with van der Waals surface area (Å²) in [6.45, 7) is 9.37. The fourth-order valence-electron chi connectivity index (χ4n) is 4.75. The molecule has 1 aromatic carbocycles. The normalized spacial score (nSPS) is 32.0. The van der Waals surface area contributed by atoms with Crippen LogP contribution in [0.25, 0.3) is 0 Å². The van der Waals surface area contributed by atoms with E-state index in [2.05, 4.69) is 37.8 Å². The fourth-order valence-corrected chi connectivity index (χ4v) is 4.75. The summed E-state index contributed by atoms with van der Waals surface area (Å²) in [5.41, 5.74) is 2.94. The molecule has 1 saturated heterocycles. The number of hydrogen-bond acceptors (Lipinski definition) is 2. The zero-order chi connectivity index (χ0) is 14.4. The van der Waals surface area contributed by atoms with Gasteiger partial charge in [-0.05, 0) is 41.7 Å². The molecule has 106 valence electrons. The second kappa shape index (κ2) is 4.60. The van der Waals surface area contributed by atoms with E-state index in [-0.39, 0.29) is 0 Å². The summed E-state index contributed by atoms with van der Waals surface area (Å²) in [5, 5.41) is 9.25. The molecule has 0 N–H and O–H groups in total. The molecule has 0 radical (unpaired) electrons. The van der Waals surface area contributed by atoms with Crippen molar-refractivity contribution in [1.82, 2.24) is 4.90 Å². The quantitative estimate of drug-likeness (QED) is 0.812. The zero-order valence-electron chi connectivity index (χ0n) is 12.8. The van der Waals surface area contributed by atoms with Crippen molar-refractivity contribution in [2.75, 3.05) is 6.54 Å². The molecule has 0 spiro atoms. The van der Waals surface area contributed by atoms with Gasteiger partial charge in [0.15, 0.2) is 0 Å². The summed E-state index contributed by atoms with van der Waals surface area (Å²) in [5.74, 6) is 0. The molecule has 2 heteroatoms. The van der Waals surface area contributed by atoms with E-state index in [4.69, 9.17) is 0 Å². The molecule has 1 aromatic rings. The molecule has 2 bridgehead atoms. The van der Waals surface area contributed by atoms with Crippen molar-refractivity contribution in [2.24, 2.45) is 10.8 Å². The molecule has 2 fully saturated rings. The minimum absolute atomic E-state index is 0.459. The summed E-state index contributed by atoms with van der Waals surface area (Å²) in [4.78, 5) is 2.62. The lowest BCUT2D eigenvalue weighted by molar-refractivity contribution is 0.126. The Morgan fingerprint density at radius 3 is 2.75 bits per heavy atom. The van der Waals surface area contributed by atoms with Crippen LogP contribution in [0.2, 0.25) is 0 Å². The van der Waals surface area contributed by atoms with E-state index >= 15 is 0 Å². The van der Waals surface area contributed by atoms with Crippen molar-refractivity contribution >= 4 is 0 Å². The minimum atomic E-state index is 0.459. The first-order valence-corrected chi connectivity index (χ1v) is 7.63. The van der Waals surface area contributed by atoms with E-state index in [0.717, 1.165) is 12.1 Å². The largest absolute Gasteiger partial charge is 0.296 e. The molecule has 2 atom stereocenters. The van der Waals surface area contributed by atoms with Crippen LogP contribution in [0.15, 0.2) is 24.3 Å². The Bertz CT molecular complexity index is 555. The van der Waals surface area contributed by atoms with Crippen LogP contribution in [0, 0.1) is 22.2 Å². The maximum atomic E-state index is 9.25. The van der Waals surface area contributed by atoms with Gasteiger partial charge in [0.25, 0.3) is 0 Å². The molecule has 0 aromatic heterocycles. The first kappa shape index (κ1) is 13.6. The van der Waals surface area contributed by atoms with Crippen molar-refractivity contribution in [3.63, 3.8) is 0 Å². The van der Waals surface area contributed by atoms with Crippen molar-refractivity contribution < 1.29 is 0 Å². The maximum absolute atomic E-state index is 9.25. The molecule has 2 aliphatic rings. The molecule has 2 unspecified atom stereocenters. The molecule has 1 aliphatic carbocycles. The Hall–Kier alpha value is -1.33. The van der Waals surface area contributed by atoms with Gasteiger partial charge in [-0.15, -0.1) is 0 Å². The Balaban J connectivity index is 1.82. The zero-order valence-corrected chi connectivity index (χ0v) is 12.8. The van der Waals surface area contributed by atoms with Crippen molar-refractivity contribution in [2.45, 2.75) is 52.6 Å². The van der Waals surface area contributed by atoms with Crippen LogP contribution in [-0.4, -0.2) is 17.5 Å². The lowest BCUT2D eigenvalue weighted by Gasteiger charge is -2.40. The number of nitriles is 1. The van der Waals surface area contributed by atoms with E-state index in [1.807, 2.05) is 18.2 Å². The average molecular weight is 268 g/mol. The number of nitrogens with zero attached hydrogens (tertiary/aromatic N) is 2. The molecule has 3 rings (SSSR count). The minimum Gasteiger partial charge on any atom is -0.296 e. The number of rotatable bonds is 2.